The van der Waals surface area contributed by atoms with Gasteiger partial charge in [0.1, 0.15) is 17.1 Å². The van der Waals surface area contributed by atoms with E-state index in [1.54, 1.807) is 18.5 Å². The number of hydrogen-bond acceptors (Lipinski definition) is 8. The summed E-state index contributed by atoms with van der Waals surface area (Å²) in [4.78, 5) is 29.2. The number of carbonyl (C=O) groups is 2. The number of aromatic nitrogens is 2. The summed E-state index contributed by atoms with van der Waals surface area (Å²) in [6.45, 7) is 1.79. The molecule has 134 valence electrons. The Labute approximate surface area is 152 Å². The molecule has 9 nitrogen and oxygen atoms in total. The quantitative estimate of drug-likeness (QED) is 0.223. The lowest BCUT2D eigenvalue weighted by molar-refractivity contribution is -0.699. The van der Waals surface area contributed by atoms with Crippen molar-refractivity contribution in [2.75, 3.05) is 23.0 Å². The smallest absolute Gasteiger partial charge is 0.352 e. The number of thioether (sulfide) groups is 2. The van der Waals surface area contributed by atoms with Crippen molar-refractivity contribution in [3.63, 3.8) is 0 Å². The number of aliphatic carboxylic acids is 1. The lowest BCUT2D eigenvalue weighted by Gasteiger charge is -2.48. The summed E-state index contributed by atoms with van der Waals surface area (Å²) < 4.78 is 1.71. The predicted molar refractivity (Wildman–Crippen MR) is 95.4 cm³/mol. The second-order valence-electron chi connectivity index (χ2n) is 5.83. The van der Waals surface area contributed by atoms with Crippen LogP contribution in [0.3, 0.4) is 0 Å². The first-order valence-electron chi connectivity index (χ1n) is 7.44. The van der Waals surface area contributed by atoms with E-state index >= 15 is 0 Å². The summed E-state index contributed by atoms with van der Waals surface area (Å²) in [5.74, 6) is 0.225. The summed E-state index contributed by atoms with van der Waals surface area (Å²) in [7, 11) is 1.77. The number of nitrogens with zero attached hydrogens (tertiary/aromatic N) is 3. The van der Waals surface area contributed by atoms with E-state index in [0.29, 0.717) is 39.4 Å². The number of hydrogen-bond donors (Lipinski definition) is 4. The van der Waals surface area contributed by atoms with Crippen molar-refractivity contribution in [2.45, 2.75) is 23.5 Å². The fraction of sp³-hybridized carbons (Fsp3) is 0.429. The van der Waals surface area contributed by atoms with Gasteiger partial charge in [0, 0.05) is 11.5 Å². The van der Waals surface area contributed by atoms with E-state index in [4.69, 9.17) is 17.2 Å². The second-order valence-corrected chi connectivity index (χ2v) is 7.88. The molecule has 1 aromatic heterocycles. The zero-order valence-corrected chi connectivity index (χ0v) is 15.4. The van der Waals surface area contributed by atoms with Crippen LogP contribution >= 0.6 is 23.5 Å². The molecule has 2 aliphatic rings. The van der Waals surface area contributed by atoms with E-state index in [2.05, 4.69) is 4.98 Å². The van der Waals surface area contributed by atoms with Crippen LogP contribution in [0, 0.1) is 6.92 Å². The zero-order valence-electron chi connectivity index (χ0n) is 13.7. The fourth-order valence-corrected chi connectivity index (χ4v) is 5.14. The summed E-state index contributed by atoms with van der Waals surface area (Å²) in [5, 5.41) is 9.82. The molecule has 1 fully saturated rings. The van der Waals surface area contributed by atoms with Crippen molar-refractivity contribution in [3.05, 3.63) is 16.8 Å². The van der Waals surface area contributed by atoms with E-state index in [1.807, 2.05) is 0 Å². The van der Waals surface area contributed by atoms with Crippen LogP contribution in [0.1, 0.15) is 5.56 Å². The Kier molecular flexibility index (Phi) is 4.56. The average Bonchev–Trinajstić information content (AvgIpc) is 2.60. The Morgan fingerprint density at radius 2 is 2.20 bits per heavy atom. The lowest BCUT2D eigenvalue weighted by Crippen LogP contribution is -2.68. The molecule has 25 heavy (non-hydrogen) atoms. The van der Waals surface area contributed by atoms with Crippen LogP contribution in [-0.2, 0) is 16.6 Å². The van der Waals surface area contributed by atoms with Gasteiger partial charge in [-0.15, -0.1) is 11.8 Å². The first-order chi connectivity index (χ1) is 11.7. The van der Waals surface area contributed by atoms with Gasteiger partial charge in [0.15, 0.2) is 0 Å². The molecule has 0 bridgehead atoms. The van der Waals surface area contributed by atoms with Crippen molar-refractivity contribution >= 4 is 47.0 Å². The molecule has 0 radical (unpaired) electrons. The van der Waals surface area contributed by atoms with Gasteiger partial charge >= 0.3 is 11.1 Å². The Bertz CT molecular complexity index is 812. The van der Waals surface area contributed by atoms with E-state index < -0.39 is 12.0 Å². The zero-order chi connectivity index (χ0) is 18.5. The molecule has 0 saturated carbocycles. The molecule has 1 aromatic rings. The van der Waals surface area contributed by atoms with Gasteiger partial charge in [0.25, 0.3) is 0 Å². The van der Waals surface area contributed by atoms with Gasteiger partial charge in [-0.3, -0.25) is 9.69 Å². The van der Waals surface area contributed by atoms with Crippen molar-refractivity contribution in [2.24, 2.45) is 12.8 Å². The van der Waals surface area contributed by atoms with Crippen molar-refractivity contribution in [3.8, 4) is 0 Å². The minimum absolute atomic E-state index is 0.0265. The fourth-order valence-electron chi connectivity index (χ4n) is 2.72. The average molecular weight is 383 g/mol. The number of β-lactam (4-membered cyclic amide) rings is 1. The summed E-state index contributed by atoms with van der Waals surface area (Å²) >= 11 is 2.80. The van der Waals surface area contributed by atoms with Gasteiger partial charge in [0.2, 0.25) is 17.5 Å². The van der Waals surface area contributed by atoms with E-state index in [9.17, 15) is 14.7 Å². The van der Waals surface area contributed by atoms with Crippen molar-refractivity contribution in [1.82, 2.24) is 9.88 Å². The molecule has 11 heteroatoms. The van der Waals surface area contributed by atoms with Crippen LogP contribution in [0.2, 0.25) is 0 Å². The highest BCUT2D eigenvalue weighted by atomic mass is 32.2. The van der Waals surface area contributed by atoms with Gasteiger partial charge in [-0.25, -0.2) is 9.36 Å². The Balaban J connectivity index is 1.87. The molecule has 2 atom stereocenters. The number of anilines is 2. The highest BCUT2D eigenvalue weighted by molar-refractivity contribution is 8.01. The van der Waals surface area contributed by atoms with E-state index in [1.165, 1.54) is 28.4 Å². The third kappa shape index (κ3) is 2.81. The van der Waals surface area contributed by atoms with Crippen LogP contribution in [0.4, 0.5) is 11.6 Å². The van der Waals surface area contributed by atoms with Gasteiger partial charge in [0.05, 0.1) is 12.6 Å². The Morgan fingerprint density at radius 3 is 2.84 bits per heavy atom. The lowest BCUT2D eigenvalue weighted by atomic mass is 10.0. The Morgan fingerprint density at radius 1 is 1.52 bits per heavy atom. The van der Waals surface area contributed by atoms with Crippen molar-refractivity contribution < 1.29 is 19.3 Å². The minimum Gasteiger partial charge on any atom is -0.477 e. The number of nitrogen functional groups attached to an aromatic ring is 2. The van der Waals surface area contributed by atoms with Gasteiger partial charge in [-0.1, -0.05) is 4.98 Å². The molecule has 0 aliphatic carbocycles. The number of amides is 1. The number of carboxylic acids is 1. The summed E-state index contributed by atoms with van der Waals surface area (Å²) in [6.07, 6.45) is 0. The predicted octanol–water partition coefficient (Wildman–Crippen LogP) is -0.948. The molecule has 0 spiro atoms. The monoisotopic (exact) mass is 383 g/mol. The molecular weight excluding hydrogens is 364 g/mol. The first kappa shape index (κ1) is 17.8. The first-order valence-corrected chi connectivity index (χ1v) is 9.47. The maximum Gasteiger partial charge on any atom is 0.352 e. The number of fused-ring (bicyclic) bond motifs is 1. The second kappa shape index (κ2) is 6.39. The number of nitrogens with two attached hydrogens (primary N) is 3. The number of carbonyl (C=O) groups excluding carboxylic acids is 1. The van der Waals surface area contributed by atoms with Crippen molar-refractivity contribution in [1.29, 1.82) is 0 Å². The molecule has 0 aromatic carbocycles. The molecule has 1 amide bonds. The number of rotatable bonds is 4. The van der Waals surface area contributed by atoms with Gasteiger partial charge < -0.3 is 22.3 Å². The third-order valence-electron chi connectivity index (χ3n) is 4.30. The van der Waals surface area contributed by atoms with E-state index in [0.717, 1.165) is 0 Å². The summed E-state index contributed by atoms with van der Waals surface area (Å²) in [5.41, 5.74) is 19.0. The molecule has 1 unspecified atom stereocenters. The largest absolute Gasteiger partial charge is 0.477 e. The molecule has 2 aliphatic heterocycles. The van der Waals surface area contributed by atoms with Crippen LogP contribution in [-0.4, -0.2) is 49.8 Å². The molecule has 1 saturated heterocycles. The highest BCUT2D eigenvalue weighted by Crippen LogP contribution is 2.40. The topological polar surface area (TPSA) is 152 Å². The maximum atomic E-state index is 11.9. The van der Waals surface area contributed by atoms with Crippen LogP contribution < -0.4 is 21.8 Å². The minimum atomic E-state index is -1.12. The third-order valence-corrected chi connectivity index (χ3v) is 6.78. The van der Waals surface area contributed by atoms with Gasteiger partial charge in [-0.2, -0.15) is 0 Å². The molecule has 7 N–H and O–H groups in total. The van der Waals surface area contributed by atoms with E-state index in [-0.39, 0.29) is 17.0 Å². The van der Waals surface area contributed by atoms with Crippen LogP contribution in [0.5, 0.6) is 0 Å². The SMILES string of the molecule is Cc1c(N)nc(SCC2=C(C(=O)O)N3C(=O)C(N)[C@H]3SC2)[n+](C)c1N. The normalized spacial score (nSPS) is 22.7. The van der Waals surface area contributed by atoms with Crippen LogP contribution in [0.15, 0.2) is 16.4 Å². The molecule has 3 heterocycles. The Hall–Kier alpha value is -1.98. The standard InChI is InChI=1S/C14H18N6O3S2/c1-5-9(16)18-14(19(2)10(5)17)25-4-6-3-24-12-7(15)11(21)20(12)8(6)13(22)23/h7,12H,3-4,15H2,1-2H3,(H4,16,17,22,23)/p+1/t7?,12-/m1/s1. The maximum absolute atomic E-state index is 11.9. The highest BCUT2D eigenvalue weighted by Gasteiger charge is 2.51. The number of carboxylic acid groups (broad SMARTS) is 1. The molecular formula is C14H19N6O3S2+. The van der Waals surface area contributed by atoms with Crippen LogP contribution in [0.25, 0.3) is 0 Å². The summed E-state index contributed by atoms with van der Waals surface area (Å²) in [6, 6.07) is -0.635. The molecule has 3 rings (SSSR count). The van der Waals surface area contributed by atoms with Gasteiger partial charge in [-0.05, 0) is 24.3 Å².